The number of hydrogen-bond acceptors (Lipinski definition) is 4. The Morgan fingerprint density at radius 2 is 1.82 bits per heavy atom. The molecule has 28 heavy (non-hydrogen) atoms. The number of anilines is 1. The van der Waals surface area contributed by atoms with Crippen molar-refractivity contribution in [1.29, 1.82) is 0 Å². The lowest BCUT2D eigenvalue weighted by Crippen LogP contribution is -2.31. The molecule has 1 amide bonds. The summed E-state index contributed by atoms with van der Waals surface area (Å²) in [6, 6.07) is 14.0. The van der Waals surface area contributed by atoms with Gasteiger partial charge in [-0.1, -0.05) is 53.7 Å². The SMILES string of the molecule is Cc1ccc(C2CC(=O)Nc3nc(SCc4ccc(F)cc4)[nH]c(=O)c32)cc1. The summed E-state index contributed by atoms with van der Waals surface area (Å²) in [7, 11) is 0. The standard InChI is InChI=1S/C21H18FN3O2S/c1-12-2-6-14(7-3-12)16-10-17(26)23-19-18(16)20(27)25-21(24-19)28-11-13-4-8-15(22)9-5-13/h2-9,16H,10-11H2,1H3,(H2,23,24,25,26,27). The number of H-pyrrole nitrogens is 1. The Hall–Kier alpha value is -2.93. The number of benzene rings is 2. The van der Waals surface area contributed by atoms with E-state index in [-0.39, 0.29) is 29.6 Å². The highest BCUT2D eigenvalue weighted by molar-refractivity contribution is 7.98. The van der Waals surface area contributed by atoms with Crippen LogP contribution in [-0.2, 0) is 10.5 Å². The average molecular weight is 395 g/mol. The Morgan fingerprint density at radius 3 is 2.54 bits per heavy atom. The first kappa shape index (κ1) is 18.4. The van der Waals surface area contributed by atoms with Gasteiger partial charge in [0.25, 0.3) is 5.56 Å². The molecule has 3 aromatic rings. The Morgan fingerprint density at radius 1 is 1.11 bits per heavy atom. The Bertz CT molecular complexity index is 1080. The number of fused-ring (bicyclic) bond motifs is 1. The third kappa shape index (κ3) is 3.84. The van der Waals surface area contributed by atoms with Gasteiger partial charge in [0.15, 0.2) is 5.16 Å². The summed E-state index contributed by atoms with van der Waals surface area (Å²) in [5.41, 5.74) is 3.17. The summed E-state index contributed by atoms with van der Waals surface area (Å²) >= 11 is 1.33. The van der Waals surface area contributed by atoms with Crippen LogP contribution in [-0.4, -0.2) is 15.9 Å². The highest BCUT2D eigenvalue weighted by atomic mass is 32.2. The quantitative estimate of drug-likeness (QED) is 0.518. The van der Waals surface area contributed by atoms with E-state index < -0.39 is 0 Å². The second-order valence-electron chi connectivity index (χ2n) is 6.76. The fourth-order valence-electron chi connectivity index (χ4n) is 3.23. The molecule has 0 spiro atoms. The number of halogens is 1. The van der Waals surface area contributed by atoms with Crippen molar-refractivity contribution in [1.82, 2.24) is 9.97 Å². The topological polar surface area (TPSA) is 74.8 Å². The molecule has 0 saturated carbocycles. The van der Waals surface area contributed by atoms with Gasteiger partial charge in [-0.15, -0.1) is 0 Å². The fourth-order valence-corrected chi connectivity index (χ4v) is 4.05. The zero-order chi connectivity index (χ0) is 19.7. The van der Waals surface area contributed by atoms with Gasteiger partial charge in [0.05, 0.1) is 5.56 Å². The predicted octanol–water partition coefficient (Wildman–Crippen LogP) is 3.98. The monoisotopic (exact) mass is 395 g/mol. The van der Waals surface area contributed by atoms with Crippen LogP contribution >= 0.6 is 11.8 Å². The van der Waals surface area contributed by atoms with Crippen molar-refractivity contribution >= 4 is 23.5 Å². The highest BCUT2D eigenvalue weighted by Crippen LogP contribution is 2.34. The highest BCUT2D eigenvalue weighted by Gasteiger charge is 2.30. The van der Waals surface area contributed by atoms with Crippen LogP contribution in [0.2, 0.25) is 0 Å². The molecule has 2 aromatic carbocycles. The normalized spacial score (nSPS) is 15.8. The maximum atomic E-state index is 13.0. The third-order valence-corrected chi connectivity index (χ3v) is 5.64. The smallest absolute Gasteiger partial charge is 0.257 e. The lowest BCUT2D eigenvalue weighted by Gasteiger charge is -2.24. The molecule has 2 N–H and O–H groups in total. The summed E-state index contributed by atoms with van der Waals surface area (Å²) in [6.45, 7) is 1.99. The Labute approximate surface area is 165 Å². The second-order valence-corrected chi connectivity index (χ2v) is 7.73. The van der Waals surface area contributed by atoms with Crippen molar-refractivity contribution in [2.45, 2.75) is 30.2 Å². The summed E-state index contributed by atoms with van der Waals surface area (Å²) < 4.78 is 13.0. The van der Waals surface area contributed by atoms with Crippen molar-refractivity contribution in [3.8, 4) is 0 Å². The van der Waals surface area contributed by atoms with E-state index in [0.717, 1.165) is 16.7 Å². The average Bonchev–Trinajstić information content (AvgIpc) is 2.67. The fraction of sp³-hybridized carbons (Fsp3) is 0.190. The van der Waals surface area contributed by atoms with Crippen LogP contribution in [0.3, 0.4) is 0 Å². The van der Waals surface area contributed by atoms with Crippen molar-refractivity contribution in [2.75, 3.05) is 5.32 Å². The second kappa shape index (κ2) is 7.59. The molecule has 142 valence electrons. The Kier molecular flexibility index (Phi) is 5.00. The maximum absolute atomic E-state index is 13.0. The molecule has 0 aliphatic carbocycles. The molecule has 7 heteroatoms. The van der Waals surface area contributed by atoms with Crippen molar-refractivity contribution in [3.63, 3.8) is 0 Å². The zero-order valence-electron chi connectivity index (χ0n) is 15.2. The van der Waals surface area contributed by atoms with Gasteiger partial charge < -0.3 is 10.3 Å². The number of amides is 1. The van der Waals surface area contributed by atoms with Crippen LogP contribution in [0.1, 0.15) is 34.6 Å². The van der Waals surface area contributed by atoms with Gasteiger partial charge in [-0.25, -0.2) is 9.37 Å². The zero-order valence-corrected chi connectivity index (χ0v) is 16.0. The minimum absolute atomic E-state index is 0.161. The lowest BCUT2D eigenvalue weighted by molar-refractivity contribution is -0.116. The summed E-state index contributed by atoms with van der Waals surface area (Å²) in [6.07, 6.45) is 0.211. The first-order valence-corrected chi connectivity index (χ1v) is 9.86. The molecule has 1 aliphatic heterocycles. The van der Waals surface area contributed by atoms with Crippen molar-refractivity contribution in [3.05, 3.63) is 87.0 Å². The molecule has 0 bridgehead atoms. The van der Waals surface area contributed by atoms with Crippen molar-refractivity contribution < 1.29 is 9.18 Å². The molecule has 1 unspecified atom stereocenters. The molecule has 2 heterocycles. The van der Waals surface area contributed by atoms with E-state index in [1.807, 2.05) is 31.2 Å². The van der Waals surface area contributed by atoms with E-state index in [4.69, 9.17) is 0 Å². The van der Waals surface area contributed by atoms with Gasteiger partial charge in [-0.3, -0.25) is 9.59 Å². The van der Waals surface area contributed by atoms with Crippen LogP contribution in [0.4, 0.5) is 10.2 Å². The number of nitrogens with one attached hydrogen (secondary N) is 2. The number of aromatic amines is 1. The summed E-state index contributed by atoms with van der Waals surface area (Å²) in [4.78, 5) is 32.3. The number of nitrogens with zero attached hydrogens (tertiary/aromatic N) is 1. The summed E-state index contributed by atoms with van der Waals surface area (Å²) in [5, 5.41) is 3.14. The largest absolute Gasteiger partial charge is 0.310 e. The number of aryl methyl sites for hydroxylation is 1. The lowest BCUT2D eigenvalue weighted by atomic mass is 9.86. The minimum Gasteiger partial charge on any atom is -0.310 e. The molecule has 1 aliphatic rings. The molecule has 0 saturated heterocycles. The third-order valence-electron chi connectivity index (χ3n) is 4.70. The van der Waals surface area contributed by atoms with Gasteiger partial charge >= 0.3 is 0 Å². The molecule has 4 rings (SSSR count). The van der Waals surface area contributed by atoms with E-state index >= 15 is 0 Å². The summed E-state index contributed by atoms with van der Waals surface area (Å²) in [5.74, 6) is 0.0608. The number of rotatable bonds is 4. The van der Waals surface area contributed by atoms with E-state index in [1.54, 1.807) is 12.1 Å². The van der Waals surface area contributed by atoms with Crippen molar-refractivity contribution in [2.24, 2.45) is 0 Å². The predicted molar refractivity (Wildman–Crippen MR) is 107 cm³/mol. The van der Waals surface area contributed by atoms with Gasteiger partial charge in [-0.2, -0.15) is 0 Å². The minimum atomic E-state index is -0.322. The number of aromatic nitrogens is 2. The maximum Gasteiger partial charge on any atom is 0.257 e. The van der Waals surface area contributed by atoms with Gasteiger partial charge in [0.2, 0.25) is 5.91 Å². The van der Waals surface area contributed by atoms with Crippen LogP contribution in [0.15, 0.2) is 58.5 Å². The van der Waals surface area contributed by atoms with Crippen LogP contribution < -0.4 is 10.9 Å². The van der Waals surface area contributed by atoms with Crippen LogP contribution in [0.5, 0.6) is 0 Å². The molecule has 5 nitrogen and oxygen atoms in total. The molecular weight excluding hydrogens is 377 g/mol. The first-order chi connectivity index (χ1) is 13.5. The van der Waals surface area contributed by atoms with E-state index in [2.05, 4.69) is 15.3 Å². The molecule has 1 atom stereocenters. The van der Waals surface area contributed by atoms with Crippen LogP contribution in [0.25, 0.3) is 0 Å². The molecule has 0 radical (unpaired) electrons. The number of thioether (sulfide) groups is 1. The van der Waals surface area contributed by atoms with Gasteiger partial charge in [0, 0.05) is 18.1 Å². The number of carbonyl (C=O) groups is 1. The Balaban J connectivity index is 1.63. The first-order valence-electron chi connectivity index (χ1n) is 8.87. The molecule has 1 aromatic heterocycles. The molecule has 0 fully saturated rings. The number of hydrogen-bond donors (Lipinski definition) is 2. The number of carbonyl (C=O) groups excluding carboxylic acids is 1. The van der Waals surface area contributed by atoms with Gasteiger partial charge in [0.1, 0.15) is 11.6 Å². The van der Waals surface area contributed by atoms with Crippen LogP contribution in [0, 0.1) is 12.7 Å². The van der Waals surface area contributed by atoms with E-state index in [0.29, 0.717) is 22.3 Å². The van der Waals surface area contributed by atoms with E-state index in [1.165, 1.54) is 23.9 Å². The molecular formula is C21H18FN3O2S. The van der Waals surface area contributed by atoms with Gasteiger partial charge in [-0.05, 0) is 30.2 Å². The van der Waals surface area contributed by atoms with E-state index in [9.17, 15) is 14.0 Å².